The van der Waals surface area contributed by atoms with Crippen molar-refractivity contribution in [1.29, 1.82) is 0 Å². The van der Waals surface area contributed by atoms with Gasteiger partial charge < -0.3 is 24.4 Å². The van der Waals surface area contributed by atoms with Crippen molar-refractivity contribution >= 4 is 38.5 Å². The van der Waals surface area contributed by atoms with Crippen LogP contribution in [0.1, 0.15) is 29.7 Å². The summed E-state index contributed by atoms with van der Waals surface area (Å²) >= 11 is 0. The molecule has 0 saturated carbocycles. The number of benzene rings is 3. The normalized spacial score (nSPS) is 18.3. The first-order chi connectivity index (χ1) is 20.2. The molecule has 1 N–H and O–H groups in total. The van der Waals surface area contributed by atoms with Crippen LogP contribution < -0.4 is 10.1 Å². The van der Waals surface area contributed by atoms with E-state index in [9.17, 15) is 18.6 Å². The Hall–Kier alpha value is -3.99. The molecule has 0 aliphatic carbocycles. The number of carbonyl (C=O) groups is 3. The highest BCUT2D eigenvalue weighted by molar-refractivity contribution is 8.08. The Bertz CT molecular complexity index is 1440. The molecule has 1 fully saturated rings. The molecule has 11 heteroatoms. The Balaban J connectivity index is 1.48. The van der Waals surface area contributed by atoms with E-state index in [0.29, 0.717) is 16.9 Å². The highest BCUT2D eigenvalue weighted by Crippen LogP contribution is 2.32. The first kappa shape index (κ1) is 31.0. The van der Waals surface area contributed by atoms with E-state index < -0.39 is 51.4 Å². The quantitative estimate of drug-likeness (QED) is 0.134. The van der Waals surface area contributed by atoms with E-state index >= 15 is 0 Å². The highest BCUT2D eigenvalue weighted by atomic mass is 35.7. The molecule has 0 radical (unpaired) electrons. The molecule has 5 atom stereocenters. The summed E-state index contributed by atoms with van der Waals surface area (Å²) in [7, 11) is 5.41. The summed E-state index contributed by atoms with van der Waals surface area (Å²) in [6.45, 7) is 5.45. The van der Waals surface area contributed by atoms with E-state index in [0.717, 1.165) is 10.5 Å². The maximum absolute atomic E-state index is 13.5. The molecule has 1 heterocycles. The lowest BCUT2D eigenvalue weighted by Crippen LogP contribution is -2.75. The fourth-order valence-corrected chi connectivity index (χ4v) is 5.90. The summed E-state index contributed by atoms with van der Waals surface area (Å²) in [5, 5.41) is 1.43. The zero-order valence-corrected chi connectivity index (χ0v) is 24.7. The fraction of sp³-hybridized carbons (Fsp3) is 0.258. The molecule has 1 aliphatic heterocycles. The number of rotatable bonds is 13. The first-order valence-electron chi connectivity index (χ1n) is 13.1. The van der Waals surface area contributed by atoms with Crippen LogP contribution in [0.2, 0.25) is 0 Å². The molecular formula is C31H31ClN2O7S. The molecule has 0 spiro atoms. The van der Waals surface area contributed by atoms with Crippen molar-refractivity contribution in [2.45, 2.75) is 43.7 Å². The van der Waals surface area contributed by atoms with Crippen LogP contribution >= 0.6 is 10.7 Å². The predicted molar refractivity (Wildman–Crippen MR) is 158 cm³/mol. The zero-order chi connectivity index (χ0) is 30.2. The van der Waals surface area contributed by atoms with Crippen molar-refractivity contribution in [3.8, 4) is 5.75 Å². The van der Waals surface area contributed by atoms with Crippen LogP contribution in [-0.4, -0.2) is 51.5 Å². The number of methoxy groups -OCH3 is 1. The highest BCUT2D eigenvalue weighted by Gasteiger charge is 2.56. The van der Waals surface area contributed by atoms with Crippen molar-refractivity contribution in [3.05, 3.63) is 114 Å². The van der Waals surface area contributed by atoms with Gasteiger partial charge in [-0.3, -0.25) is 9.59 Å². The van der Waals surface area contributed by atoms with Crippen molar-refractivity contribution < 1.29 is 32.8 Å². The van der Waals surface area contributed by atoms with Gasteiger partial charge in [0.25, 0.3) is 5.91 Å². The molecule has 42 heavy (non-hydrogen) atoms. The average Bonchev–Trinajstić information content (AvgIpc) is 3.00. The number of β-lactam (4-membered cyclic amide) rings is 1. The Kier molecular flexibility index (Phi) is 10.5. The molecular weight excluding hydrogens is 580 g/mol. The van der Waals surface area contributed by atoms with Gasteiger partial charge in [-0.15, -0.1) is 0 Å². The van der Waals surface area contributed by atoms with Gasteiger partial charge in [0.05, 0.1) is 13.7 Å². The van der Waals surface area contributed by atoms with Gasteiger partial charge >= 0.3 is 5.97 Å². The van der Waals surface area contributed by atoms with Crippen molar-refractivity contribution in [3.63, 3.8) is 0 Å². The molecule has 4 rings (SSSR count). The monoisotopic (exact) mass is 610 g/mol. The second-order valence-electron chi connectivity index (χ2n) is 9.66. The second kappa shape index (κ2) is 14.3. The minimum atomic E-state index is -2.15. The number of hydrogen-bond acceptors (Lipinski definition) is 7. The van der Waals surface area contributed by atoms with E-state index in [-0.39, 0.29) is 18.8 Å². The average molecular weight is 611 g/mol. The lowest BCUT2D eigenvalue weighted by molar-refractivity contribution is -0.164. The Morgan fingerprint density at radius 2 is 1.57 bits per heavy atom. The van der Waals surface area contributed by atoms with Gasteiger partial charge in [-0.05, 0) is 52.0 Å². The van der Waals surface area contributed by atoms with E-state index in [1.165, 1.54) is 0 Å². The number of ether oxygens (including phenoxy) is 3. The standard InChI is InChI=1S/C31H31ClN2O7S/c1-20(2)26(31(37)41-19-22-14-16-24(39-3)17-15-22)34-29(36)25(30(34)42(32)38)33-28(35)27(23-12-8-5-9-13-23)40-18-21-10-6-4-7-11-21/h4-17,25-27,30H,1,18-19H2,2-3H3,(H,33,35). The maximum Gasteiger partial charge on any atom is 0.333 e. The number of carbonyl (C=O) groups excluding carboxylic acids is 3. The topological polar surface area (TPSA) is 111 Å². The maximum atomic E-state index is 13.5. The number of likely N-dealkylation sites (tertiary alicyclic amines) is 1. The minimum absolute atomic E-state index is 0.0685. The van der Waals surface area contributed by atoms with Gasteiger partial charge in [0.1, 0.15) is 28.4 Å². The molecule has 3 aromatic rings. The molecule has 1 aliphatic rings. The molecule has 2 amide bonds. The van der Waals surface area contributed by atoms with E-state index in [4.69, 9.17) is 24.9 Å². The lowest BCUT2D eigenvalue weighted by Gasteiger charge is -2.48. The number of nitrogens with zero attached hydrogens (tertiary/aromatic N) is 1. The number of amides is 2. The summed E-state index contributed by atoms with van der Waals surface area (Å²) < 4.78 is 29.2. The summed E-state index contributed by atoms with van der Waals surface area (Å²) in [6, 6.07) is 22.6. The smallest absolute Gasteiger partial charge is 0.333 e. The number of halogens is 1. The van der Waals surface area contributed by atoms with Crippen LogP contribution in [0.4, 0.5) is 0 Å². The van der Waals surface area contributed by atoms with Crippen molar-refractivity contribution in [2.24, 2.45) is 0 Å². The van der Waals surface area contributed by atoms with E-state index in [1.807, 2.05) is 30.3 Å². The van der Waals surface area contributed by atoms with Crippen LogP contribution in [0, 0.1) is 0 Å². The fourth-order valence-electron chi connectivity index (χ4n) is 4.53. The Labute approximate surface area is 251 Å². The SMILES string of the molecule is C=C(C)C(C(=O)OCc1ccc(OC)cc1)N1C(=O)C(NC(=O)C(OCc2ccccc2)c2ccccc2)C1S(=O)Cl. The van der Waals surface area contributed by atoms with Gasteiger partial charge in [-0.2, -0.15) is 0 Å². The zero-order valence-electron chi connectivity index (χ0n) is 23.1. The van der Waals surface area contributed by atoms with Crippen molar-refractivity contribution in [2.75, 3.05) is 7.11 Å². The van der Waals surface area contributed by atoms with Crippen LogP contribution in [0.3, 0.4) is 0 Å². The number of nitrogens with one attached hydrogen (secondary N) is 1. The molecule has 9 nitrogen and oxygen atoms in total. The first-order valence-corrected chi connectivity index (χ1v) is 15.1. The third-order valence-corrected chi connectivity index (χ3v) is 8.10. The summed E-state index contributed by atoms with van der Waals surface area (Å²) in [5.74, 6) is -1.38. The number of hydrogen-bond donors (Lipinski definition) is 1. The number of esters is 1. The summed E-state index contributed by atoms with van der Waals surface area (Å²) in [4.78, 5) is 41.0. The van der Waals surface area contributed by atoms with Gasteiger partial charge in [-0.1, -0.05) is 79.4 Å². The third kappa shape index (κ3) is 7.25. The van der Waals surface area contributed by atoms with Gasteiger partial charge in [0.2, 0.25) is 5.91 Å². The molecule has 0 bridgehead atoms. The van der Waals surface area contributed by atoms with Crippen LogP contribution in [-0.2, 0) is 47.1 Å². The van der Waals surface area contributed by atoms with Crippen LogP contribution in [0.5, 0.6) is 5.75 Å². The van der Waals surface area contributed by atoms with Gasteiger partial charge in [0, 0.05) is 0 Å². The Morgan fingerprint density at radius 3 is 2.14 bits per heavy atom. The van der Waals surface area contributed by atoms with E-state index in [1.54, 1.807) is 68.6 Å². The molecule has 220 valence electrons. The van der Waals surface area contributed by atoms with Crippen molar-refractivity contribution in [1.82, 2.24) is 10.2 Å². The third-order valence-electron chi connectivity index (χ3n) is 6.68. The largest absolute Gasteiger partial charge is 0.497 e. The minimum Gasteiger partial charge on any atom is -0.497 e. The summed E-state index contributed by atoms with van der Waals surface area (Å²) in [5.41, 5.74) is 2.41. The van der Waals surface area contributed by atoms with Crippen LogP contribution in [0.25, 0.3) is 0 Å². The predicted octanol–water partition coefficient (Wildman–Crippen LogP) is 4.20. The van der Waals surface area contributed by atoms with Crippen LogP contribution in [0.15, 0.2) is 97.1 Å². The molecule has 1 saturated heterocycles. The van der Waals surface area contributed by atoms with Gasteiger partial charge in [-0.25, -0.2) is 9.00 Å². The molecule has 0 aromatic heterocycles. The summed E-state index contributed by atoms with van der Waals surface area (Å²) in [6.07, 6.45) is -1.07. The molecule has 3 aromatic carbocycles. The lowest BCUT2D eigenvalue weighted by atomic mass is 9.98. The van der Waals surface area contributed by atoms with E-state index in [2.05, 4.69) is 11.9 Å². The second-order valence-corrected chi connectivity index (χ2v) is 11.6. The van der Waals surface area contributed by atoms with Gasteiger partial charge in [0.15, 0.2) is 17.5 Å². The molecule has 5 unspecified atom stereocenters. The Morgan fingerprint density at radius 1 is 0.976 bits per heavy atom.